The van der Waals surface area contributed by atoms with Crippen molar-refractivity contribution in [1.82, 2.24) is 0 Å². The molecule has 0 bridgehead atoms. The fourth-order valence-corrected chi connectivity index (χ4v) is 3.13. The molecule has 0 aliphatic heterocycles. The number of benzene rings is 1. The average molecular weight is 313 g/mol. The summed E-state index contributed by atoms with van der Waals surface area (Å²) in [5.74, 6) is 0.588. The minimum Gasteiger partial charge on any atom is -0.384 e. The zero-order valence-corrected chi connectivity index (χ0v) is 13.5. The van der Waals surface area contributed by atoms with Gasteiger partial charge >= 0.3 is 6.18 Å². The van der Waals surface area contributed by atoms with Crippen molar-refractivity contribution in [3.05, 3.63) is 29.3 Å². The summed E-state index contributed by atoms with van der Waals surface area (Å²) in [6.45, 7) is 4.46. The van der Waals surface area contributed by atoms with E-state index in [2.05, 4.69) is 5.32 Å². The maximum absolute atomic E-state index is 13.3. The van der Waals surface area contributed by atoms with Crippen LogP contribution in [0.15, 0.2) is 18.2 Å². The molecule has 0 saturated heterocycles. The molecule has 0 radical (unpaired) electrons. The summed E-state index contributed by atoms with van der Waals surface area (Å²) in [6.07, 6.45) is 2.85. The number of hydrogen-bond acceptors (Lipinski definition) is 1. The standard InChI is InChI=1S/C18H26F3N/c1-13(2)15-9-10-17(16(11-15)18(19,20)21)22-12-14-7-5-3-4-6-8-14/h9-11,13-14,22H,3-8,12H2,1-2H3. The molecule has 0 heterocycles. The molecule has 1 fully saturated rings. The molecule has 0 spiro atoms. The third-order valence-electron chi connectivity index (χ3n) is 4.57. The Kier molecular flexibility index (Phi) is 5.76. The maximum Gasteiger partial charge on any atom is 0.418 e. The van der Waals surface area contributed by atoms with E-state index < -0.39 is 11.7 Å². The van der Waals surface area contributed by atoms with Gasteiger partial charge in [0.15, 0.2) is 0 Å². The van der Waals surface area contributed by atoms with E-state index in [9.17, 15) is 13.2 Å². The van der Waals surface area contributed by atoms with Crippen molar-refractivity contribution in [1.29, 1.82) is 0 Å². The summed E-state index contributed by atoms with van der Waals surface area (Å²) >= 11 is 0. The Morgan fingerprint density at radius 1 is 1.09 bits per heavy atom. The van der Waals surface area contributed by atoms with E-state index in [1.54, 1.807) is 12.1 Å². The molecule has 0 atom stereocenters. The second-order valence-electron chi connectivity index (χ2n) is 6.70. The minimum absolute atomic E-state index is 0.0945. The SMILES string of the molecule is CC(C)c1ccc(NCC2CCCCCC2)c(C(F)(F)F)c1. The quantitative estimate of drug-likeness (QED) is 0.651. The van der Waals surface area contributed by atoms with Crippen LogP contribution in [0.1, 0.15) is 69.4 Å². The van der Waals surface area contributed by atoms with Crippen LogP contribution in [0, 0.1) is 5.92 Å². The number of anilines is 1. The molecule has 124 valence electrons. The summed E-state index contributed by atoms with van der Waals surface area (Å²) < 4.78 is 39.8. The van der Waals surface area contributed by atoms with Crippen molar-refractivity contribution in [2.24, 2.45) is 5.92 Å². The van der Waals surface area contributed by atoms with Gasteiger partial charge in [-0.3, -0.25) is 0 Å². The van der Waals surface area contributed by atoms with Crippen LogP contribution in [0.5, 0.6) is 0 Å². The molecule has 22 heavy (non-hydrogen) atoms. The normalized spacial score (nSPS) is 17.5. The third-order valence-corrected chi connectivity index (χ3v) is 4.57. The first-order valence-electron chi connectivity index (χ1n) is 8.33. The van der Waals surface area contributed by atoms with Gasteiger partial charge in [0.25, 0.3) is 0 Å². The monoisotopic (exact) mass is 313 g/mol. The highest BCUT2D eigenvalue weighted by atomic mass is 19.4. The molecule has 0 amide bonds. The summed E-state index contributed by atoms with van der Waals surface area (Å²) in [4.78, 5) is 0. The number of hydrogen-bond donors (Lipinski definition) is 1. The van der Waals surface area contributed by atoms with Crippen molar-refractivity contribution >= 4 is 5.69 Å². The Bertz CT molecular complexity index is 472. The molecule has 1 aliphatic rings. The van der Waals surface area contributed by atoms with Gasteiger partial charge in [0.05, 0.1) is 5.56 Å². The maximum atomic E-state index is 13.3. The van der Waals surface area contributed by atoms with Crippen molar-refractivity contribution in [3.8, 4) is 0 Å². The second kappa shape index (κ2) is 7.38. The van der Waals surface area contributed by atoms with E-state index in [1.807, 2.05) is 13.8 Å². The van der Waals surface area contributed by atoms with Gasteiger partial charge in [-0.15, -0.1) is 0 Å². The molecule has 1 aliphatic carbocycles. The van der Waals surface area contributed by atoms with Gasteiger partial charge in [0.1, 0.15) is 0 Å². The molecule has 0 unspecified atom stereocenters. The first kappa shape index (κ1) is 17.2. The number of alkyl halides is 3. The predicted molar refractivity (Wildman–Crippen MR) is 85.2 cm³/mol. The van der Waals surface area contributed by atoms with Crippen LogP contribution in [0.3, 0.4) is 0 Å². The van der Waals surface area contributed by atoms with E-state index in [4.69, 9.17) is 0 Å². The van der Waals surface area contributed by atoms with Crippen LogP contribution in [0.4, 0.5) is 18.9 Å². The molecule has 1 nitrogen and oxygen atoms in total. The lowest BCUT2D eigenvalue weighted by Gasteiger charge is -2.20. The minimum atomic E-state index is -4.31. The number of halogens is 3. The van der Waals surface area contributed by atoms with E-state index in [0.717, 1.165) is 18.4 Å². The smallest absolute Gasteiger partial charge is 0.384 e. The van der Waals surface area contributed by atoms with Gasteiger partial charge in [0.2, 0.25) is 0 Å². The molecule has 2 rings (SSSR count). The zero-order valence-electron chi connectivity index (χ0n) is 13.5. The van der Waals surface area contributed by atoms with Gasteiger partial charge in [-0.05, 0) is 42.4 Å². The Morgan fingerprint density at radius 2 is 1.73 bits per heavy atom. The van der Waals surface area contributed by atoms with E-state index in [-0.39, 0.29) is 11.6 Å². The fourth-order valence-electron chi connectivity index (χ4n) is 3.13. The fraction of sp³-hybridized carbons (Fsp3) is 0.667. The largest absolute Gasteiger partial charge is 0.418 e. The lowest BCUT2D eigenvalue weighted by molar-refractivity contribution is -0.137. The van der Waals surface area contributed by atoms with Crippen molar-refractivity contribution < 1.29 is 13.2 Å². The highest BCUT2D eigenvalue weighted by molar-refractivity contribution is 5.54. The molecular weight excluding hydrogens is 287 g/mol. The Labute approximate surface area is 131 Å². The molecule has 1 aromatic rings. The van der Waals surface area contributed by atoms with Gasteiger partial charge in [-0.25, -0.2) is 0 Å². The molecule has 0 aromatic heterocycles. The van der Waals surface area contributed by atoms with Crippen molar-refractivity contribution in [3.63, 3.8) is 0 Å². The number of rotatable bonds is 4. The van der Waals surface area contributed by atoms with Gasteiger partial charge in [-0.1, -0.05) is 45.6 Å². The average Bonchev–Trinajstić information content (AvgIpc) is 2.72. The molecule has 1 N–H and O–H groups in total. The van der Waals surface area contributed by atoms with Gasteiger partial charge in [0, 0.05) is 12.2 Å². The van der Waals surface area contributed by atoms with E-state index in [0.29, 0.717) is 12.5 Å². The Hall–Kier alpha value is -1.19. The van der Waals surface area contributed by atoms with Crippen LogP contribution in [0.25, 0.3) is 0 Å². The first-order valence-corrected chi connectivity index (χ1v) is 8.33. The van der Waals surface area contributed by atoms with Gasteiger partial charge in [-0.2, -0.15) is 13.2 Å². The van der Waals surface area contributed by atoms with Crippen molar-refractivity contribution in [2.75, 3.05) is 11.9 Å². The molecule has 1 saturated carbocycles. The van der Waals surface area contributed by atoms with E-state index in [1.165, 1.54) is 31.7 Å². The number of nitrogens with one attached hydrogen (secondary N) is 1. The second-order valence-corrected chi connectivity index (χ2v) is 6.70. The zero-order chi connectivity index (χ0) is 16.2. The third kappa shape index (κ3) is 4.65. The summed E-state index contributed by atoms with van der Waals surface area (Å²) in [6, 6.07) is 4.68. The highest BCUT2D eigenvalue weighted by Crippen LogP contribution is 2.37. The Balaban J connectivity index is 2.12. The summed E-state index contributed by atoms with van der Waals surface area (Å²) in [7, 11) is 0. The lowest BCUT2D eigenvalue weighted by Crippen LogP contribution is -2.17. The van der Waals surface area contributed by atoms with Crippen molar-refractivity contribution in [2.45, 2.75) is 64.5 Å². The first-order chi connectivity index (χ1) is 10.4. The van der Waals surface area contributed by atoms with Crippen LogP contribution in [-0.4, -0.2) is 6.54 Å². The summed E-state index contributed by atoms with van der Waals surface area (Å²) in [5.41, 5.74) is 0.417. The molecule has 1 aromatic carbocycles. The predicted octanol–water partition coefficient (Wildman–Crippen LogP) is 6.21. The van der Waals surface area contributed by atoms with Crippen LogP contribution in [0.2, 0.25) is 0 Å². The topological polar surface area (TPSA) is 12.0 Å². The lowest BCUT2D eigenvalue weighted by atomic mass is 9.98. The summed E-state index contributed by atoms with van der Waals surface area (Å²) in [5, 5.41) is 3.06. The molecule has 4 heteroatoms. The van der Waals surface area contributed by atoms with Crippen LogP contribution < -0.4 is 5.32 Å². The van der Waals surface area contributed by atoms with Crippen LogP contribution in [-0.2, 0) is 6.18 Å². The van der Waals surface area contributed by atoms with Gasteiger partial charge < -0.3 is 5.32 Å². The Morgan fingerprint density at radius 3 is 2.27 bits per heavy atom. The van der Waals surface area contributed by atoms with Crippen LogP contribution >= 0.6 is 0 Å². The molecular formula is C18H26F3N. The van der Waals surface area contributed by atoms with E-state index >= 15 is 0 Å². The highest BCUT2D eigenvalue weighted by Gasteiger charge is 2.34.